The number of hydrogen-bond donors (Lipinski definition) is 1. The molecule has 1 aromatic carbocycles. The van der Waals surface area contributed by atoms with Crippen molar-refractivity contribution in [2.24, 2.45) is 0 Å². The molecule has 0 aliphatic carbocycles. The number of ether oxygens (including phenoxy) is 1. The van der Waals surface area contributed by atoms with Crippen molar-refractivity contribution in [3.63, 3.8) is 0 Å². The van der Waals surface area contributed by atoms with Crippen LogP contribution in [0.5, 0.6) is 0 Å². The molecule has 18 heavy (non-hydrogen) atoms. The third-order valence-electron chi connectivity index (χ3n) is 1.85. The van der Waals surface area contributed by atoms with E-state index in [2.05, 4.69) is 9.57 Å². The predicted molar refractivity (Wildman–Crippen MR) is 62.6 cm³/mol. The molecule has 7 nitrogen and oxygen atoms in total. The summed E-state index contributed by atoms with van der Waals surface area (Å²) in [5.41, 5.74) is 0. The molecule has 0 bridgehead atoms. The van der Waals surface area contributed by atoms with Crippen LogP contribution in [0.2, 0.25) is 0 Å². The smallest absolute Gasteiger partial charge is 0.436 e. The van der Waals surface area contributed by atoms with E-state index in [4.69, 9.17) is 0 Å². The van der Waals surface area contributed by atoms with Crippen LogP contribution in [0.15, 0.2) is 34.1 Å². The number of sulfonamides is 1. The zero-order valence-corrected chi connectivity index (χ0v) is 11.2. The van der Waals surface area contributed by atoms with Gasteiger partial charge in [-0.1, -0.05) is 12.1 Å². The van der Waals surface area contributed by atoms with Crippen molar-refractivity contribution in [2.75, 3.05) is 13.4 Å². The maximum Gasteiger partial charge on any atom is 0.528 e. The fourth-order valence-corrected chi connectivity index (χ4v) is 3.25. The lowest BCUT2D eigenvalue weighted by Crippen LogP contribution is -2.28. The van der Waals surface area contributed by atoms with E-state index in [1.807, 2.05) is 0 Å². The van der Waals surface area contributed by atoms with E-state index in [0.717, 1.165) is 7.11 Å². The highest BCUT2D eigenvalue weighted by Gasteiger charge is 2.21. The van der Waals surface area contributed by atoms with Crippen LogP contribution in [0.3, 0.4) is 0 Å². The van der Waals surface area contributed by atoms with Gasteiger partial charge in [-0.15, -0.1) is 0 Å². The Morgan fingerprint density at radius 3 is 2.50 bits per heavy atom. The summed E-state index contributed by atoms with van der Waals surface area (Å²) in [7, 11) is -4.57. The summed E-state index contributed by atoms with van der Waals surface area (Å²) < 4.78 is 39.1. The molecule has 1 rings (SSSR count). The summed E-state index contributed by atoms with van der Waals surface area (Å²) in [6, 6.07) is 5.67. The highest BCUT2D eigenvalue weighted by molar-refractivity contribution is 7.90. The quantitative estimate of drug-likeness (QED) is 0.637. The largest absolute Gasteiger partial charge is 0.528 e. The number of methoxy groups -OCH3 is 1. The molecule has 1 unspecified atom stereocenters. The first kappa shape index (κ1) is 14.6. The number of rotatable bonds is 4. The highest BCUT2D eigenvalue weighted by Crippen LogP contribution is 2.18. The van der Waals surface area contributed by atoms with Crippen molar-refractivity contribution < 1.29 is 27.0 Å². The van der Waals surface area contributed by atoms with Gasteiger partial charge >= 0.3 is 6.16 Å². The van der Waals surface area contributed by atoms with Crippen LogP contribution in [-0.4, -0.2) is 32.1 Å². The standard InChI is InChI=1S/C9H11NO6S2/c1-15-9(11)16-10-18(13,14)8-6-4-3-5-7(8)17(2)12/h3-6,10H,1-2H3. The van der Waals surface area contributed by atoms with Gasteiger partial charge in [0.1, 0.15) is 4.90 Å². The van der Waals surface area contributed by atoms with E-state index in [9.17, 15) is 17.4 Å². The van der Waals surface area contributed by atoms with Crippen molar-refractivity contribution in [2.45, 2.75) is 9.79 Å². The van der Waals surface area contributed by atoms with Gasteiger partial charge in [0.15, 0.2) is 0 Å². The molecule has 0 saturated carbocycles. The molecule has 9 heteroatoms. The van der Waals surface area contributed by atoms with Crippen LogP contribution in [0.25, 0.3) is 0 Å². The molecule has 1 N–H and O–H groups in total. The van der Waals surface area contributed by atoms with Crippen molar-refractivity contribution in [3.05, 3.63) is 24.3 Å². The lowest BCUT2D eigenvalue weighted by molar-refractivity contribution is 0.0551. The topological polar surface area (TPSA) is 98.8 Å². The molecule has 0 radical (unpaired) electrons. The molecule has 0 aromatic heterocycles. The van der Waals surface area contributed by atoms with Gasteiger partial charge in [-0.25, -0.2) is 13.2 Å². The van der Waals surface area contributed by atoms with E-state index >= 15 is 0 Å². The van der Waals surface area contributed by atoms with Gasteiger partial charge in [-0.05, 0) is 17.0 Å². The van der Waals surface area contributed by atoms with Gasteiger partial charge in [0.05, 0.1) is 22.8 Å². The second-order valence-corrected chi connectivity index (χ2v) is 6.01. The second-order valence-electron chi connectivity index (χ2n) is 3.04. The Kier molecular flexibility index (Phi) is 4.82. The van der Waals surface area contributed by atoms with Crippen LogP contribution >= 0.6 is 0 Å². The molecule has 0 heterocycles. The monoisotopic (exact) mass is 293 g/mol. The Labute approximate surface area is 107 Å². The lowest BCUT2D eigenvalue weighted by atomic mass is 10.4. The summed E-state index contributed by atoms with van der Waals surface area (Å²) in [5, 5.41) is 0. The number of hydrogen-bond acceptors (Lipinski definition) is 6. The first-order valence-corrected chi connectivity index (χ1v) is 7.61. The summed E-state index contributed by atoms with van der Waals surface area (Å²) in [4.78, 5) is 16.3. The molecule has 1 atom stereocenters. The number of carbonyl (C=O) groups excluding carboxylic acids is 1. The average Bonchev–Trinajstić information content (AvgIpc) is 2.36. The molecule has 1 aromatic rings. The van der Waals surface area contributed by atoms with Crippen LogP contribution in [0, 0.1) is 0 Å². The number of nitrogens with one attached hydrogen (secondary N) is 1. The molecule has 0 fully saturated rings. The van der Waals surface area contributed by atoms with Gasteiger partial charge in [-0.2, -0.15) is 0 Å². The van der Waals surface area contributed by atoms with Crippen LogP contribution in [-0.2, 0) is 30.4 Å². The molecule has 0 spiro atoms. The Bertz CT molecular complexity index is 568. The fraction of sp³-hybridized carbons (Fsp3) is 0.222. The van der Waals surface area contributed by atoms with E-state index in [1.165, 1.54) is 24.5 Å². The van der Waals surface area contributed by atoms with Crippen LogP contribution in [0.4, 0.5) is 4.79 Å². The molecule has 0 aliphatic rings. The maximum absolute atomic E-state index is 11.8. The average molecular weight is 293 g/mol. The van der Waals surface area contributed by atoms with Gasteiger partial charge < -0.3 is 9.57 Å². The van der Waals surface area contributed by atoms with E-state index < -0.39 is 27.0 Å². The third-order valence-corrected chi connectivity index (χ3v) is 4.19. The van der Waals surface area contributed by atoms with Gasteiger partial charge in [0.25, 0.3) is 10.0 Å². The molecule has 0 aliphatic heterocycles. The minimum Gasteiger partial charge on any atom is -0.436 e. The molecule has 0 saturated heterocycles. The molecular weight excluding hydrogens is 282 g/mol. The zero-order chi connectivity index (χ0) is 13.8. The van der Waals surface area contributed by atoms with Crippen molar-refractivity contribution >= 4 is 27.0 Å². The van der Waals surface area contributed by atoms with Crippen molar-refractivity contribution in [3.8, 4) is 0 Å². The second kappa shape index (κ2) is 5.94. The zero-order valence-electron chi connectivity index (χ0n) is 9.58. The molecule has 0 amide bonds. The minimum atomic E-state index is -4.11. The van der Waals surface area contributed by atoms with Gasteiger partial charge in [-0.3, -0.25) is 4.21 Å². The Balaban J connectivity index is 3.05. The van der Waals surface area contributed by atoms with Crippen LogP contribution in [0.1, 0.15) is 0 Å². The van der Waals surface area contributed by atoms with Gasteiger partial charge in [0, 0.05) is 6.26 Å². The maximum atomic E-state index is 11.8. The molecule has 100 valence electrons. The fourth-order valence-electron chi connectivity index (χ4n) is 1.09. The highest BCUT2D eigenvalue weighted by atomic mass is 32.2. The Morgan fingerprint density at radius 2 is 1.94 bits per heavy atom. The lowest BCUT2D eigenvalue weighted by Gasteiger charge is -2.08. The third kappa shape index (κ3) is 3.52. The van der Waals surface area contributed by atoms with Crippen molar-refractivity contribution in [1.29, 1.82) is 0 Å². The first-order valence-electron chi connectivity index (χ1n) is 4.57. The minimum absolute atomic E-state index is 0.110. The first-order chi connectivity index (χ1) is 8.38. The summed E-state index contributed by atoms with van der Waals surface area (Å²) >= 11 is 0. The van der Waals surface area contributed by atoms with Gasteiger partial charge in [0.2, 0.25) is 0 Å². The number of carbonyl (C=O) groups is 1. The summed E-state index contributed by atoms with van der Waals surface area (Å²) in [6.45, 7) is 0. The summed E-state index contributed by atoms with van der Waals surface area (Å²) in [6.07, 6.45) is 0.142. The van der Waals surface area contributed by atoms with Crippen LogP contribution < -0.4 is 4.89 Å². The van der Waals surface area contributed by atoms with E-state index in [-0.39, 0.29) is 9.79 Å². The normalized spacial score (nSPS) is 12.8. The van der Waals surface area contributed by atoms with E-state index in [1.54, 1.807) is 11.0 Å². The predicted octanol–water partition coefficient (Wildman–Crippen LogP) is 0.400. The van der Waals surface area contributed by atoms with E-state index in [0.29, 0.717) is 0 Å². The van der Waals surface area contributed by atoms with Crippen molar-refractivity contribution in [1.82, 2.24) is 4.89 Å². The Morgan fingerprint density at radius 1 is 1.33 bits per heavy atom. The SMILES string of the molecule is COC(=O)ONS(=O)(=O)c1ccccc1S(C)=O. The molecular formula is C9H11NO6S2. The Hall–Kier alpha value is -1.45. The summed E-state index contributed by atoms with van der Waals surface area (Å²) in [5.74, 6) is 0. The number of benzene rings is 1.